The van der Waals surface area contributed by atoms with Gasteiger partial charge in [-0.3, -0.25) is 14.3 Å². The fourth-order valence-corrected chi connectivity index (χ4v) is 2.77. The molecular weight excluding hydrogens is 401 g/mol. The minimum atomic E-state index is -0.884. The maximum atomic E-state index is 11.6. The van der Waals surface area contributed by atoms with Gasteiger partial charge in [0.15, 0.2) is 16.3 Å². The van der Waals surface area contributed by atoms with Gasteiger partial charge in [0.25, 0.3) is 5.56 Å². The van der Waals surface area contributed by atoms with Crippen LogP contribution >= 0.6 is 31.6 Å². The molecule has 2 aromatic rings. The topological polar surface area (TPSA) is 149 Å². The molecule has 0 bridgehead atoms. The van der Waals surface area contributed by atoms with Gasteiger partial charge in [-0.25, -0.2) is 4.98 Å². The van der Waals surface area contributed by atoms with E-state index in [1.165, 1.54) is 17.8 Å². The van der Waals surface area contributed by atoms with Crippen molar-refractivity contribution >= 4 is 54.9 Å². The van der Waals surface area contributed by atoms with Crippen LogP contribution in [0.3, 0.4) is 0 Å². The van der Waals surface area contributed by atoms with Gasteiger partial charge in [-0.2, -0.15) is 4.98 Å². The van der Waals surface area contributed by atoms with Crippen LogP contribution in [0.5, 0.6) is 0 Å². The summed E-state index contributed by atoms with van der Waals surface area (Å²) in [6.07, 6.45) is 4.97. The summed E-state index contributed by atoms with van der Waals surface area (Å²) in [5.41, 5.74) is 5.71. The van der Waals surface area contributed by atoms with E-state index in [9.17, 15) is 4.79 Å². The second-order valence-corrected chi connectivity index (χ2v) is 6.85. The average molecular weight is 425 g/mol. The zero-order valence-electron chi connectivity index (χ0n) is 14.9. The molecule has 26 heavy (non-hydrogen) atoms. The summed E-state index contributed by atoms with van der Waals surface area (Å²) in [5, 5.41) is 16.4. The highest BCUT2D eigenvalue weighted by Crippen LogP contribution is 2.41. The highest BCUT2D eigenvalue weighted by molar-refractivity contribution is 8.41. The van der Waals surface area contributed by atoms with Gasteiger partial charge in [-0.1, -0.05) is 24.0 Å². The Labute approximate surface area is 161 Å². The fraction of sp³-hybridized carbons (Fsp3) is 0.462. The summed E-state index contributed by atoms with van der Waals surface area (Å²) < 4.78 is 11.2. The first-order valence-corrected chi connectivity index (χ1v) is 10.7. The smallest absolute Gasteiger partial charge is 0.280 e. The molecule has 0 saturated carbocycles. The molecule has 0 radical (unpaired) electrons. The van der Waals surface area contributed by atoms with E-state index < -0.39 is 7.58 Å². The molecule has 0 saturated heterocycles. The highest BCUT2D eigenvalue weighted by atomic mass is 32.7. The van der Waals surface area contributed by atoms with Crippen LogP contribution in [0.1, 0.15) is 6.92 Å². The van der Waals surface area contributed by atoms with Gasteiger partial charge in [0.05, 0.1) is 13.2 Å². The molecule has 2 heterocycles. The second-order valence-electron chi connectivity index (χ2n) is 4.00. The Morgan fingerprint density at radius 2 is 2.12 bits per heavy atom. The zero-order valence-corrected chi connectivity index (χ0v) is 17.5. The number of aromatic amines is 1. The van der Waals surface area contributed by atoms with E-state index in [4.69, 9.17) is 25.0 Å². The first-order chi connectivity index (χ1) is 12.5. The normalized spacial score (nSPS) is 11.7. The lowest BCUT2D eigenvalue weighted by Gasteiger charge is -2.03. The van der Waals surface area contributed by atoms with Crippen molar-refractivity contribution in [1.82, 2.24) is 19.5 Å². The molecule has 5 N–H and O–H groups in total. The maximum Gasteiger partial charge on any atom is 0.280 e. The molecule has 0 spiro atoms. The second kappa shape index (κ2) is 14.0. The third-order valence-corrected chi connectivity index (χ3v) is 4.76. The Hall–Kier alpha value is -1.14. The van der Waals surface area contributed by atoms with Crippen molar-refractivity contribution in [2.75, 3.05) is 39.4 Å². The third-order valence-electron chi connectivity index (χ3n) is 2.47. The van der Waals surface area contributed by atoms with Crippen LogP contribution < -0.4 is 11.3 Å². The van der Waals surface area contributed by atoms with Gasteiger partial charge < -0.3 is 25.0 Å². The van der Waals surface area contributed by atoms with Gasteiger partial charge in [-0.05, 0) is 19.3 Å². The van der Waals surface area contributed by atoms with Crippen LogP contribution in [-0.2, 0) is 9.05 Å². The predicted molar refractivity (Wildman–Crippen MR) is 109 cm³/mol. The SMILES string of the molecule is CCOP(S)OC.CO.CSc1nc2c(=O)[nH]c(N)nc2n1C=CCO. The van der Waals surface area contributed by atoms with Crippen molar-refractivity contribution in [3.05, 3.63) is 16.4 Å². The van der Waals surface area contributed by atoms with E-state index in [1.54, 1.807) is 17.9 Å². The number of hydrogen-bond acceptors (Lipinski definition) is 10. The number of nitrogens with one attached hydrogen (secondary N) is 1. The maximum absolute atomic E-state index is 11.6. The number of nitrogen functional groups attached to an aromatic ring is 1. The molecule has 0 amide bonds. The van der Waals surface area contributed by atoms with E-state index in [0.717, 1.165) is 7.11 Å². The minimum absolute atomic E-state index is 0.0358. The number of anilines is 1. The van der Waals surface area contributed by atoms with Crippen LogP contribution in [0, 0.1) is 0 Å². The Morgan fingerprint density at radius 3 is 2.58 bits per heavy atom. The molecular formula is C13H24N5O5PS2. The largest absolute Gasteiger partial charge is 0.400 e. The van der Waals surface area contributed by atoms with Gasteiger partial charge in [0, 0.05) is 20.4 Å². The summed E-state index contributed by atoms with van der Waals surface area (Å²) in [6.45, 7) is 2.47. The minimum Gasteiger partial charge on any atom is -0.400 e. The van der Waals surface area contributed by atoms with Crippen LogP contribution in [-0.4, -0.2) is 63.4 Å². The number of aliphatic hydroxyl groups is 2. The Kier molecular flexibility index (Phi) is 13.4. The summed E-state index contributed by atoms with van der Waals surface area (Å²) in [4.78, 5) is 22.2. The lowest BCUT2D eigenvalue weighted by molar-refractivity contribution is 0.313. The Bertz CT molecular complexity index is 740. The highest BCUT2D eigenvalue weighted by Gasteiger charge is 2.13. The number of rotatable bonds is 6. The number of aliphatic hydroxyl groups excluding tert-OH is 2. The van der Waals surface area contributed by atoms with Crippen molar-refractivity contribution in [1.29, 1.82) is 0 Å². The zero-order chi connectivity index (χ0) is 20.1. The first kappa shape index (κ1) is 24.9. The number of thioether (sulfide) groups is 1. The van der Waals surface area contributed by atoms with Gasteiger partial charge in [0.2, 0.25) is 13.5 Å². The van der Waals surface area contributed by atoms with E-state index >= 15 is 0 Å². The fourth-order valence-electron chi connectivity index (χ4n) is 1.57. The summed E-state index contributed by atoms with van der Waals surface area (Å²) >= 11 is 5.30. The molecule has 1 atom stereocenters. The molecule has 0 fully saturated rings. The standard InChI is InChI=1S/C9H11N5O2S.C3H9O2PS.CH4O/c1-17-9-11-5-6(14(9)3-2-4-15)12-8(10)13-7(5)16;1-3-5-6(7)4-2;1-2/h2-3,15H,4H2,1H3,(H3,10,12,13,16);7H,3H2,1-2H3;2H,1H3. The predicted octanol–water partition coefficient (Wildman–Crippen LogP) is 1.32. The van der Waals surface area contributed by atoms with E-state index in [2.05, 4.69) is 27.2 Å². The summed E-state index contributed by atoms with van der Waals surface area (Å²) in [6, 6.07) is 0. The molecule has 0 aliphatic carbocycles. The molecule has 10 nitrogen and oxygen atoms in total. The van der Waals surface area contributed by atoms with Crippen molar-refractivity contribution in [3.63, 3.8) is 0 Å². The number of aromatic nitrogens is 4. The summed E-state index contributed by atoms with van der Waals surface area (Å²) in [7, 11) is 1.69. The van der Waals surface area contributed by atoms with Gasteiger partial charge in [-0.15, -0.1) is 0 Å². The number of H-pyrrole nitrogens is 1. The molecule has 2 rings (SSSR count). The van der Waals surface area contributed by atoms with Crippen molar-refractivity contribution < 1.29 is 19.3 Å². The molecule has 2 aromatic heterocycles. The number of nitrogens with two attached hydrogens (primary N) is 1. The average Bonchev–Trinajstić information content (AvgIpc) is 3.00. The lowest BCUT2D eigenvalue weighted by atomic mass is 10.5. The molecule has 13 heteroatoms. The van der Waals surface area contributed by atoms with Crippen molar-refractivity contribution in [2.24, 2.45) is 0 Å². The number of thiol groups is 1. The molecule has 0 aromatic carbocycles. The number of imidazole rings is 1. The Morgan fingerprint density at radius 1 is 1.46 bits per heavy atom. The van der Waals surface area contributed by atoms with Crippen molar-refractivity contribution in [3.8, 4) is 0 Å². The molecule has 148 valence electrons. The van der Waals surface area contributed by atoms with Crippen molar-refractivity contribution in [2.45, 2.75) is 12.1 Å². The summed E-state index contributed by atoms with van der Waals surface area (Å²) in [5.74, 6) is 0.0358. The van der Waals surface area contributed by atoms with Crippen LogP contribution in [0.25, 0.3) is 17.4 Å². The lowest BCUT2D eigenvalue weighted by Crippen LogP contribution is -2.11. The molecule has 0 aliphatic heterocycles. The van der Waals surface area contributed by atoms with E-state index in [-0.39, 0.29) is 23.6 Å². The Balaban J connectivity index is 0.000000589. The van der Waals surface area contributed by atoms with Crippen LogP contribution in [0.4, 0.5) is 5.95 Å². The van der Waals surface area contributed by atoms with E-state index in [0.29, 0.717) is 17.4 Å². The molecule has 0 aliphatic rings. The quantitative estimate of drug-likeness (QED) is 0.262. The van der Waals surface area contributed by atoms with Crippen LogP contribution in [0.15, 0.2) is 16.0 Å². The number of nitrogens with zero attached hydrogens (tertiary/aromatic N) is 3. The third kappa shape index (κ3) is 7.62. The monoisotopic (exact) mass is 425 g/mol. The molecule has 1 unspecified atom stereocenters. The first-order valence-electron chi connectivity index (χ1n) is 7.18. The number of fused-ring (bicyclic) bond motifs is 1. The van der Waals surface area contributed by atoms with E-state index in [1.807, 2.05) is 13.2 Å². The van der Waals surface area contributed by atoms with Crippen LogP contribution in [0.2, 0.25) is 0 Å². The van der Waals surface area contributed by atoms with Gasteiger partial charge in [0.1, 0.15) is 0 Å². The number of hydrogen-bond donors (Lipinski definition) is 5. The van der Waals surface area contributed by atoms with Gasteiger partial charge >= 0.3 is 0 Å².